The highest BCUT2D eigenvalue weighted by atomic mass is 16.5. The molecule has 0 heterocycles. The quantitative estimate of drug-likeness (QED) is 0.548. The molecule has 1 aromatic rings. The molecule has 0 aliphatic carbocycles. The zero-order chi connectivity index (χ0) is 8.10. The van der Waals surface area contributed by atoms with E-state index >= 15 is 0 Å². The fourth-order valence-electron chi connectivity index (χ4n) is 0.658. The Balaban J connectivity index is 2.69. The molecule has 0 unspecified atom stereocenters. The van der Waals surface area contributed by atoms with Gasteiger partial charge in [0.1, 0.15) is 0 Å². The van der Waals surface area contributed by atoms with Gasteiger partial charge < -0.3 is 4.74 Å². The first-order valence-electron chi connectivity index (χ1n) is 3.56. The van der Waals surface area contributed by atoms with E-state index in [1.807, 2.05) is 6.07 Å². The highest BCUT2D eigenvalue weighted by molar-refractivity contribution is 5.89. The van der Waals surface area contributed by atoms with E-state index < -0.39 is 5.97 Å². The van der Waals surface area contributed by atoms with Crippen molar-refractivity contribution in [3.8, 4) is 0 Å². The van der Waals surface area contributed by atoms with Gasteiger partial charge in [0.2, 0.25) is 0 Å². The molecular weight excluding hydrogens is 128 g/mol. The van der Waals surface area contributed by atoms with E-state index in [-0.39, 0.29) is 7.09 Å². The lowest BCUT2D eigenvalue weighted by molar-refractivity contribution is 0.0601. The predicted molar refractivity (Wildman–Crippen MR) is 37.8 cm³/mol. The van der Waals surface area contributed by atoms with Crippen molar-refractivity contribution in [2.24, 2.45) is 0 Å². The summed E-state index contributed by atoms with van der Waals surface area (Å²) in [5, 5.41) is 0. The zero-order valence-corrected chi connectivity index (χ0v) is 5.41. The van der Waals surface area contributed by atoms with Crippen molar-refractivity contribution >= 4 is 5.97 Å². The van der Waals surface area contributed by atoms with E-state index in [1.165, 1.54) is 0 Å². The Morgan fingerprint density at radius 1 is 1.50 bits per heavy atom. The molecule has 0 saturated carbocycles. The maximum Gasteiger partial charge on any atom is 0.337 e. The minimum atomic E-state index is -0.444. The minimum absolute atomic E-state index is 0.326. The van der Waals surface area contributed by atoms with Gasteiger partial charge in [-0.25, -0.2) is 4.79 Å². The number of carbonyl (C=O) groups excluding carboxylic acids is 1. The highest BCUT2D eigenvalue weighted by Crippen LogP contribution is 1.98. The second kappa shape index (κ2) is 3.01. The van der Waals surface area contributed by atoms with Crippen molar-refractivity contribution in [1.82, 2.24) is 0 Å². The number of hydrogen-bond acceptors (Lipinski definition) is 2. The molecule has 0 spiro atoms. The van der Waals surface area contributed by atoms with Gasteiger partial charge in [-0.1, -0.05) is 18.2 Å². The third-order valence-electron chi connectivity index (χ3n) is 1.14. The van der Waals surface area contributed by atoms with E-state index in [0.717, 1.165) is 0 Å². The second-order valence-corrected chi connectivity index (χ2v) is 1.80. The average molecular weight is 137 g/mol. The summed E-state index contributed by atoms with van der Waals surface area (Å²) in [4.78, 5) is 10.9. The van der Waals surface area contributed by atoms with Gasteiger partial charge in [-0.2, -0.15) is 0 Å². The maximum absolute atomic E-state index is 10.9. The van der Waals surface area contributed by atoms with Crippen molar-refractivity contribution in [1.29, 1.82) is 0 Å². The Hall–Kier alpha value is -1.31. The molecule has 0 aromatic heterocycles. The Morgan fingerprint density at radius 3 is 2.80 bits per heavy atom. The standard InChI is InChI=1S/C8H8O2/c1-10-8(9)7-5-3-2-4-6-7/h2-6H,1H3/i1D. The molecule has 0 aliphatic heterocycles. The summed E-state index contributed by atoms with van der Waals surface area (Å²) in [6.45, 7) is 0. The van der Waals surface area contributed by atoms with Gasteiger partial charge in [0, 0.05) is 0 Å². The fraction of sp³-hybridized carbons (Fsp3) is 0.125. The Labute approximate surface area is 60.8 Å². The number of carbonyl (C=O) groups is 1. The SMILES string of the molecule is [2H]COC(=O)c1ccccc1. The van der Waals surface area contributed by atoms with Crippen LogP contribution in [0.3, 0.4) is 0 Å². The van der Waals surface area contributed by atoms with Crippen LogP contribution < -0.4 is 0 Å². The van der Waals surface area contributed by atoms with Gasteiger partial charge in [0.15, 0.2) is 0 Å². The van der Waals surface area contributed by atoms with Gasteiger partial charge in [0.05, 0.1) is 14.0 Å². The van der Waals surface area contributed by atoms with Crippen molar-refractivity contribution < 1.29 is 10.9 Å². The molecule has 0 atom stereocenters. The lowest BCUT2D eigenvalue weighted by atomic mass is 10.2. The van der Waals surface area contributed by atoms with E-state index in [1.54, 1.807) is 24.3 Å². The molecule has 0 bridgehead atoms. The van der Waals surface area contributed by atoms with Crippen LogP contribution in [0.2, 0.25) is 0 Å². The van der Waals surface area contributed by atoms with Crippen molar-refractivity contribution in [2.75, 3.05) is 7.09 Å². The smallest absolute Gasteiger partial charge is 0.337 e. The van der Waals surface area contributed by atoms with Gasteiger partial charge in [-0.05, 0) is 12.1 Å². The fourth-order valence-corrected chi connectivity index (χ4v) is 0.658. The van der Waals surface area contributed by atoms with Crippen LogP contribution in [0.15, 0.2) is 30.3 Å². The van der Waals surface area contributed by atoms with Crippen molar-refractivity contribution in [2.45, 2.75) is 0 Å². The number of benzene rings is 1. The van der Waals surface area contributed by atoms with Crippen LogP contribution in [0.5, 0.6) is 0 Å². The first kappa shape index (κ1) is 5.47. The molecule has 0 amide bonds. The topological polar surface area (TPSA) is 26.3 Å². The molecule has 52 valence electrons. The Morgan fingerprint density at radius 2 is 2.20 bits per heavy atom. The molecule has 0 fully saturated rings. The minimum Gasteiger partial charge on any atom is -0.465 e. The van der Waals surface area contributed by atoms with Crippen LogP contribution in [0, 0.1) is 0 Å². The van der Waals surface area contributed by atoms with Crippen LogP contribution in [0.1, 0.15) is 11.7 Å². The van der Waals surface area contributed by atoms with Crippen LogP contribution >= 0.6 is 0 Å². The predicted octanol–water partition coefficient (Wildman–Crippen LogP) is 1.47. The summed E-state index contributed by atoms with van der Waals surface area (Å²) in [6.07, 6.45) is 0. The number of rotatable bonds is 1. The van der Waals surface area contributed by atoms with Crippen LogP contribution in [-0.4, -0.2) is 13.1 Å². The largest absolute Gasteiger partial charge is 0.465 e. The normalized spacial score (nSPS) is 10.2. The summed E-state index contributed by atoms with van der Waals surface area (Å²) >= 11 is 0. The first-order valence-corrected chi connectivity index (χ1v) is 2.86. The summed E-state index contributed by atoms with van der Waals surface area (Å²) in [6, 6.07) is 8.62. The van der Waals surface area contributed by atoms with E-state index in [0.29, 0.717) is 5.56 Å². The highest BCUT2D eigenvalue weighted by Gasteiger charge is 2.00. The third kappa shape index (κ3) is 1.35. The van der Waals surface area contributed by atoms with Crippen LogP contribution in [0.4, 0.5) is 0 Å². The lowest BCUT2D eigenvalue weighted by Gasteiger charge is -1.95. The molecule has 2 heteroatoms. The van der Waals surface area contributed by atoms with Gasteiger partial charge in [-0.15, -0.1) is 0 Å². The molecule has 1 rings (SSSR count). The lowest BCUT2D eigenvalue weighted by Crippen LogP contribution is -1.99. The number of hydrogen-bond donors (Lipinski definition) is 0. The number of esters is 1. The van der Waals surface area contributed by atoms with Gasteiger partial charge >= 0.3 is 5.97 Å². The molecule has 0 aliphatic rings. The molecule has 0 saturated heterocycles. The molecule has 0 N–H and O–H groups in total. The van der Waals surface area contributed by atoms with Crippen LogP contribution in [0.25, 0.3) is 0 Å². The molecule has 0 radical (unpaired) electrons. The molecular formula is C8H8O2. The number of methoxy groups -OCH3 is 1. The molecule has 2 nitrogen and oxygen atoms in total. The number of ether oxygens (including phenoxy) is 1. The summed E-state index contributed by atoms with van der Waals surface area (Å²) < 4.78 is 11.1. The zero-order valence-electron chi connectivity index (χ0n) is 6.41. The summed E-state index contributed by atoms with van der Waals surface area (Å²) in [5.41, 5.74) is 0.486. The Kier molecular flexibility index (Phi) is 1.65. The monoisotopic (exact) mass is 137 g/mol. The van der Waals surface area contributed by atoms with Gasteiger partial charge in [-0.3, -0.25) is 0 Å². The van der Waals surface area contributed by atoms with Gasteiger partial charge in [0.25, 0.3) is 0 Å². The summed E-state index contributed by atoms with van der Waals surface area (Å²) in [5.74, 6) is -0.444. The average Bonchev–Trinajstić information content (AvgIpc) is 2.07. The Bertz CT molecular complexity index is 233. The van der Waals surface area contributed by atoms with Crippen LogP contribution in [-0.2, 0) is 4.74 Å². The van der Waals surface area contributed by atoms with E-state index in [9.17, 15) is 4.79 Å². The third-order valence-corrected chi connectivity index (χ3v) is 1.14. The molecule has 1 aromatic carbocycles. The second-order valence-electron chi connectivity index (χ2n) is 1.80. The van der Waals surface area contributed by atoms with Crippen molar-refractivity contribution in [3.05, 3.63) is 35.9 Å². The van der Waals surface area contributed by atoms with E-state index in [4.69, 9.17) is 1.37 Å². The van der Waals surface area contributed by atoms with E-state index in [2.05, 4.69) is 4.74 Å². The maximum atomic E-state index is 10.9. The molecule has 10 heavy (non-hydrogen) atoms. The summed E-state index contributed by atoms with van der Waals surface area (Å²) in [7, 11) is -0.326. The first-order chi connectivity index (χ1) is 5.34. The van der Waals surface area contributed by atoms with Crippen molar-refractivity contribution in [3.63, 3.8) is 0 Å².